The molecule has 4 rings (SSSR count). The standard InChI is InChI=1S/C17H16F2N4O/c18-11-6-3-7-12(19)10(11)8-13-20-15-14(9-4-1-2-5-9)22-23-16(15)17(24)21-13/h3,6-7,9H,1-2,4-5,8H2,(H,22,23)(H,20,21,24). The summed E-state index contributed by atoms with van der Waals surface area (Å²) < 4.78 is 27.7. The molecule has 2 aromatic heterocycles. The number of aromatic nitrogens is 4. The molecule has 0 unspecified atom stereocenters. The Labute approximate surface area is 136 Å². The monoisotopic (exact) mass is 330 g/mol. The first-order valence-corrected chi connectivity index (χ1v) is 8.03. The third-order valence-corrected chi connectivity index (χ3v) is 4.65. The van der Waals surface area contributed by atoms with Gasteiger partial charge in [0.25, 0.3) is 5.56 Å². The van der Waals surface area contributed by atoms with Crippen LogP contribution in [0.5, 0.6) is 0 Å². The molecule has 7 heteroatoms. The van der Waals surface area contributed by atoms with Crippen LogP contribution in [0.15, 0.2) is 23.0 Å². The fourth-order valence-corrected chi connectivity index (χ4v) is 3.41. The molecule has 1 saturated carbocycles. The van der Waals surface area contributed by atoms with Crippen molar-refractivity contribution in [3.8, 4) is 0 Å². The number of benzene rings is 1. The maximum atomic E-state index is 13.8. The molecule has 0 amide bonds. The van der Waals surface area contributed by atoms with Crippen molar-refractivity contribution >= 4 is 11.0 Å². The molecule has 124 valence electrons. The third kappa shape index (κ3) is 2.50. The largest absolute Gasteiger partial charge is 0.308 e. The highest BCUT2D eigenvalue weighted by Gasteiger charge is 2.24. The molecular weight excluding hydrogens is 314 g/mol. The van der Waals surface area contributed by atoms with E-state index in [9.17, 15) is 13.6 Å². The van der Waals surface area contributed by atoms with Crippen LogP contribution < -0.4 is 5.56 Å². The van der Waals surface area contributed by atoms with Crippen molar-refractivity contribution in [1.82, 2.24) is 20.2 Å². The van der Waals surface area contributed by atoms with Crippen molar-refractivity contribution in [2.75, 3.05) is 0 Å². The van der Waals surface area contributed by atoms with E-state index in [2.05, 4.69) is 20.2 Å². The predicted molar refractivity (Wildman–Crippen MR) is 84.9 cm³/mol. The average molecular weight is 330 g/mol. The summed E-state index contributed by atoms with van der Waals surface area (Å²) in [5, 5.41) is 7.01. The fourth-order valence-electron chi connectivity index (χ4n) is 3.41. The molecule has 0 aliphatic heterocycles. The number of fused-ring (bicyclic) bond motifs is 1. The Balaban J connectivity index is 1.79. The highest BCUT2D eigenvalue weighted by molar-refractivity contribution is 5.76. The molecule has 3 aromatic rings. The second-order valence-corrected chi connectivity index (χ2v) is 6.20. The van der Waals surface area contributed by atoms with Gasteiger partial charge in [0.1, 0.15) is 28.5 Å². The molecule has 5 nitrogen and oxygen atoms in total. The number of nitrogens with one attached hydrogen (secondary N) is 2. The quantitative estimate of drug-likeness (QED) is 0.774. The molecule has 1 aliphatic carbocycles. The van der Waals surface area contributed by atoms with E-state index < -0.39 is 11.6 Å². The van der Waals surface area contributed by atoms with Gasteiger partial charge in [-0.25, -0.2) is 13.8 Å². The zero-order valence-corrected chi connectivity index (χ0v) is 12.9. The SMILES string of the molecule is O=c1[nH]c(Cc2c(F)cccc2F)nc2c(C3CCCC3)n[nH]c12. The van der Waals surface area contributed by atoms with E-state index in [4.69, 9.17) is 0 Å². The Morgan fingerprint density at radius 1 is 1.17 bits per heavy atom. The molecule has 0 atom stereocenters. The topological polar surface area (TPSA) is 74.4 Å². The predicted octanol–water partition coefficient (Wildman–Crippen LogP) is 3.17. The molecule has 2 N–H and O–H groups in total. The lowest BCUT2D eigenvalue weighted by atomic mass is 10.0. The molecule has 0 saturated heterocycles. The van der Waals surface area contributed by atoms with E-state index in [1.165, 1.54) is 18.2 Å². The minimum atomic E-state index is -0.652. The van der Waals surface area contributed by atoms with Gasteiger partial charge in [0.05, 0.1) is 5.69 Å². The van der Waals surface area contributed by atoms with Gasteiger partial charge in [-0.2, -0.15) is 5.10 Å². The van der Waals surface area contributed by atoms with Crippen LogP contribution in [-0.2, 0) is 6.42 Å². The number of nitrogens with zero attached hydrogens (tertiary/aromatic N) is 2. The molecule has 0 radical (unpaired) electrons. The smallest absolute Gasteiger partial charge is 0.276 e. The number of aromatic amines is 2. The Hall–Kier alpha value is -2.57. The molecule has 1 aliphatic rings. The molecule has 0 bridgehead atoms. The molecule has 1 aromatic carbocycles. The lowest BCUT2D eigenvalue weighted by molar-refractivity contribution is 0.559. The lowest BCUT2D eigenvalue weighted by Gasteiger charge is -2.07. The van der Waals surface area contributed by atoms with Gasteiger partial charge in [-0.15, -0.1) is 0 Å². The minimum Gasteiger partial charge on any atom is -0.308 e. The first-order chi connectivity index (χ1) is 11.6. The summed E-state index contributed by atoms with van der Waals surface area (Å²) in [6.45, 7) is 0. The van der Waals surface area contributed by atoms with Crippen molar-refractivity contribution in [1.29, 1.82) is 0 Å². The van der Waals surface area contributed by atoms with Gasteiger partial charge < -0.3 is 4.98 Å². The van der Waals surface area contributed by atoms with Crippen LogP contribution in [0.25, 0.3) is 11.0 Å². The summed E-state index contributed by atoms with van der Waals surface area (Å²) in [5.74, 6) is -0.787. The molecule has 24 heavy (non-hydrogen) atoms. The van der Waals surface area contributed by atoms with Crippen molar-refractivity contribution in [3.63, 3.8) is 0 Å². The summed E-state index contributed by atoms with van der Waals surface area (Å²) >= 11 is 0. The number of halogens is 2. The highest BCUT2D eigenvalue weighted by atomic mass is 19.1. The summed E-state index contributed by atoms with van der Waals surface area (Å²) in [6, 6.07) is 3.69. The van der Waals surface area contributed by atoms with E-state index in [1.807, 2.05) is 0 Å². The normalized spacial score (nSPS) is 15.4. The van der Waals surface area contributed by atoms with E-state index in [-0.39, 0.29) is 29.3 Å². The van der Waals surface area contributed by atoms with Crippen LogP contribution in [0.2, 0.25) is 0 Å². The number of hydrogen-bond donors (Lipinski definition) is 2. The van der Waals surface area contributed by atoms with Crippen LogP contribution in [-0.4, -0.2) is 20.2 Å². The first kappa shape index (κ1) is 15.0. The lowest BCUT2D eigenvalue weighted by Crippen LogP contribution is -2.13. The number of rotatable bonds is 3. The maximum Gasteiger partial charge on any atom is 0.276 e. The highest BCUT2D eigenvalue weighted by Crippen LogP contribution is 2.35. The Bertz CT molecular complexity index is 937. The number of H-pyrrole nitrogens is 2. The average Bonchev–Trinajstić information content (AvgIpc) is 3.20. The zero-order valence-electron chi connectivity index (χ0n) is 12.9. The van der Waals surface area contributed by atoms with Gasteiger partial charge in [-0.3, -0.25) is 9.89 Å². The van der Waals surface area contributed by atoms with Gasteiger partial charge in [0, 0.05) is 17.9 Å². The van der Waals surface area contributed by atoms with Gasteiger partial charge in [0.15, 0.2) is 0 Å². The van der Waals surface area contributed by atoms with Gasteiger partial charge >= 0.3 is 0 Å². The fraction of sp³-hybridized carbons (Fsp3) is 0.353. The Kier molecular flexibility index (Phi) is 3.63. The van der Waals surface area contributed by atoms with Gasteiger partial charge in [-0.1, -0.05) is 18.9 Å². The second-order valence-electron chi connectivity index (χ2n) is 6.20. The van der Waals surface area contributed by atoms with Crippen molar-refractivity contribution < 1.29 is 8.78 Å². The first-order valence-electron chi connectivity index (χ1n) is 8.03. The molecule has 1 fully saturated rings. The van der Waals surface area contributed by atoms with E-state index in [0.29, 0.717) is 11.0 Å². The van der Waals surface area contributed by atoms with Crippen molar-refractivity contribution in [2.45, 2.75) is 38.0 Å². The van der Waals surface area contributed by atoms with Crippen molar-refractivity contribution in [3.05, 3.63) is 57.3 Å². The number of hydrogen-bond acceptors (Lipinski definition) is 3. The van der Waals surface area contributed by atoms with Crippen molar-refractivity contribution in [2.24, 2.45) is 0 Å². The summed E-state index contributed by atoms with van der Waals surface area (Å²) in [6.07, 6.45) is 4.20. The summed E-state index contributed by atoms with van der Waals surface area (Å²) in [4.78, 5) is 19.3. The van der Waals surface area contributed by atoms with E-state index in [0.717, 1.165) is 31.4 Å². The summed E-state index contributed by atoms with van der Waals surface area (Å²) in [5.41, 5.74) is 1.13. The third-order valence-electron chi connectivity index (χ3n) is 4.65. The van der Waals surface area contributed by atoms with E-state index >= 15 is 0 Å². The van der Waals surface area contributed by atoms with Crippen LogP contribution in [0.1, 0.15) is 48.7 Å². The maximum absolute atomic E-state index is 13.8. The molecular formula is C17H16F2N4O. The van der Waals surface area contributed by atoms with E-state index in [1.54, 1.807) is 0 Å². The molecule has 2 heterocycles. The Morgan fingerprint density at radius 2 is 1.88 bits per heavy atom. The van der Waals surface area contributed by atoms with Gasteiger partial charge in [-0.05, 0) is 25.0 Å². The van der Waals surface area contributed by atoms with Crippen LogP contribution in [0, 0.1) is 11.6 Å². The summed E-state index contributed by atoms with van der Waals surface area (Å²) in [7, 11) is 0. The zero-order chi connectivity index (χ0) is 16.7. The minimum absolute atomic E-state index is 0.106. The van der Waals surface area contributed by atoms with Crippen LogP contribution in [0.3, 0.4) is 0 Å². The Morgan fingerprint density at radius 3 is 2.58 bits per heavy atom. The van der Waals surface area contributed by atoms with Gasteiger partial charge in [0.2, 0.25) is 0 Å². The van der Waals surface area contributed by atoms with Crippen LogP contribution >= 0.6 is 0 Å². The second kappa shape index (κ2) is 5.81. The molecule has 0 spiro atoms. The van der Waals surface area contributed by atoms with Crippen LogP contribution in [0.4, 0.5) is 8.78 Å².